The topological polar surface area (TPSA) is 47.9 Å². The molecule has 1 atom stereocenters. The van der Waals surface area contributed by atoms with E-state index in [1.165, 1.54) is 20.2 Å². The first-order chi connectivity index (χ1) is 9.63. The van der Waals surface area contributed by atoms with Crippen LogP contribution in [-0.4, -0.2) is 17.8 Å². The second kappa shape index (κ2) is 8.86. The Bertz CT molecular complexity index is 453. The molecule has 0 heterocycles. The summed E-state index contributed by atoms with van der Waals surface area (Å²) in [7, 11) is 1.51. The smallest absolute Gasteiger partial charge is 0.392 e. The monoisotopic (exact) mass is 371 g/mol. The lowest BCUT2D eigenvalue weighted by Crippen LogP contribution is -2.20. The highest BCUT2D eigenvalue weighted by Gasteiger charge is 2.36. The zero-order valence-electron chi connectivity index (χ0n) is 11.9. The van der Waals surface area contributed by atoms with E-state index in [-0.39, 0.29) is 5.70 Å². The van der Waals surface area contributed by atoms with Crippen molar-refractivity contribution in [3.05, 3.63) is 35.6 Å². The van der Waals surface area contributed by atoms with Crippen molar-refractivity contribution in [3.63, 3.8) is 0 Å². The molecule has 0 amide bonds. The molecule has 0 aromatic rings. The van der Waals surface area contributed by atoms with Gasteiger partial charge >= 0.3 is 6.18 Å². The van der Waals surface area contributed by atoms with Crippen LogP contribution in [0, 0.1) is 11.3 Å². The van der Waals surface area contributed by atoms with E-state index in [0.717, 1.165) is 12.3 Å². The van der Waals surface area contributed by atoms with E-state index in [9.17, 15) is 17.6 Å². The normalized spacial score (nSPS) is 15.7. The van der Waals surface area contributed by atoms with Crippen LogP contribution in [0.3, 0.4) is 0 Å². The van der Waals surface area contributed by atoms with E-state index in [1.807, 2.05) is 0 Å². The Labute approximate surface area is 129 Å². The molecule has 120 valence electrons. The minimum absolute atomic E-state index is 0.0361. The van der Waals surface area contributed by atoms with E-state index in [0.29, 0.717) is 6.42 Å². The molecule has 0 saturated carbocycles. The number of rotatable bonds is 7. The van der Waals surface area contributed by atoms with Gasteiger partial charge in [0.2, 0.25) is 0 Å². The summed E-state index contributed by atoms with van der Waals surface area (Å²) in [5.74, 6) is -1.61. The molecule has 0 aliphatic heterocycles. The number of hydrogen-bond acceptors (Lipinski definition) is 3. The van der Waals surface area contributed by atoms with Crippen molar-refractivity contribution in [3.8, 4) is 0 Å². The molecule has 0 fully saturated rings. The van der Waals surface area contributed by atoms with Crippen LogP contribution in [0.2, 0.25) is 0 Å². The zero-order chi connectivity index (χ0) is 16.6. The molecule has 0 aliphatic rings. The highest BCUT2D eigenvalue weighted by Crippen LogP contribution is 2.33. The fourth-order valence-electron chi connectivity index (χ4n) is 1.38. The van der Waals surface area contributed by atoms with Crippen molar-refractivity contribution in [1.29, 1.82) is 5.41 Å². The highest BCUT2D eigenvalue weighted by molar-refractivity contribution is 9.18. The van der Waals surface area contributed by atoms with Crippen molar-refractivity contribution in [2.24, 2.45) is 5.92 Å². The Balaban J connectivity index is 5.46. The lowest BCUT2D eigenvalue weighted by molar-refractivity contribution is -0.0985. The van der Waals surface area contributed by atoms with Crippen molar-refractivity contribution < 1.29 is 17.6 Å². The van der Waals surface area contributed by atoms with Gasteiger partial charge in [-0.3, -0.25) is 5.41 Å². The second-order valence-corrected chi connectivity index (χ2v) is 5.04. The average molecular weight is 372 g/mol. The zero-order valence-corrected chi connectivity index (χ0v) is 13.5. The number of alkyl halides is 3. The Morgan fingerprint density at radius 3 is 2.29 bits per heavy atom. The molecule has 0 aromatic carbocycles. The Hall–Kier alpha value is -1.31. The van der Waals surface area contributed by atoms with Gasteiger partial charge in [0.15, 0.2) is 5.83 Å². The summed E-state index contributed by atoms with van der Waals surface area (Å²) in [4.78, 5) is 0. The van der Waals surface area contributed by atoms with Gasteiger partial charge in [0.1, 0.15) is 4.62 Å². The predicted octanol–water partition coefficient (Wildman–Crippen LogP) is 4.35. The summed E-state index contributed by atoms with van der Waals surface area (Å²) in [6, 6.07) is 0. The highest BCUT2D eigenvalue weighted by atomic mass is 79.9. The molecule has 21 heavy (non-hydrogen) atoms. The first-order valence-corrected chi connectivity index (χ1v) is 6.95. The molecular formula is C13H18BrF4N3. The summed E-state index contributed by atoms with van der Waals surface area (Å²) in [5, 5.41) is 12.0. The van der Waals surface area contributed by atoms with Gasteiger partial charge < -0.3 is 10.6 Å². The van der Waals surface area contributed by atoms with Crippen LogP contribution in [0.1, 0.15) is 20.3 Å². The van der Waals surface area contributed by atoms with Crippen LogP contribution in [0.15, 0.2) is 35.6 Å². The van der Waals surface area contributed by atoms with Gasteiger partial charge in [-0.2, -0.15) is 13.2 Å². The molecule has 3 N–H and O–H groups in total. The van der Waals surface area contributed by atoms with Crippen molar-refractivity contribution >= 4 is 20.6 Å². The number of nitrogens with one attached hydrogen (secondary N) is 3. The summed E-state index contributed by atoms with van der Waals surface area (Å²) in [5.41, 5.74) is -0.671. The number of halogens is 5. The molecule has 0 saturated heterocycles. The summed E-state index contributed by atoms with van der Waals surface area (Å²) in [6.45, 7) is 3.13. The van der Waals surface area contributed by atoms with Gasteiger partial charge in [-0.15, -0.1) is 0 Å². The summed E-state index contributed by atoms with van der Waals surface area (Å²) in [6.07, 6.45) is -1.13. The molecule has 0 radical (unpaired) electrons. The van der Waals surface area contributed by atoms with Crippen LogP contribution < -0.4 is 10.6 Å². The Morgan fingerprint density at radius 2 is 1.90 bits per heavy atom. The molecule has 0 rings (SSSR count). The molecular weight excluding hydrogens is 354 g/mol. The molecule has 0 aromatic heterocycles. The lowest BCUT2D eigenvalue weighted by Gasteiger charge is -2.18. The van der Waals surface area contributed by atoms with E-state index in [1.54, 1.807) is 6.92 Å². The van der Waals surface area contributed by atoms with Crippen LogP contribution in [0.25, 0.3) is 0 Å². The number of allylic oxidation sites excluding steroid dienone is 3. The third kappa shape index (κ3) is 7.31. The standard InChI is InChI=1S/C13H18BrF4N3/c1-4-8(2)10(13(16,17)18)5-9(6-20-3)21-7-11(15)12(14)19/h5-8,19-21H,4H2,1-3H3/b9-6+,10-5+,11-7+,19-12?. The molecule has 8 heteroatoms. The summed E-state index contributed by atoms with van der Waals surface area (Å²) < 4.78 is 51.7. The fourth-order valence-corrected chi connectivity index (χ4v) is 1.50. The molecule has 0 bridgehead atoms. The van der Waals surface area contributed by atoms with Crippen molar-refractivity contribution in [1.82, 2.24) is 10.6 Å². The first kappa shape index (κ1) is 19.7. The molecule has 3 nitrogen and oxygen atoms in total. The van der Waals surface area contributed by atoms with Crippen LogP contribution in [0.4, 0.5) is 17.6 Å². The van der Waals surface area contributed by atoms with Crippen LogP contribution in [-0.2, 0) is 0 Å². The van der Waals surface area contributed by atoms with Crippen LogP contribution in [0.5, 0.6) is 0 Å². The average Bonchev–Trinajstić information content (AvgIpc) is 2.38. The number of hydrogen-bond donors (Lipinski definition) is 3. The molecule has 0 spiro atoms. The minimum Gasteiger partial charge on any atom is -0.392 e. The Morgan fingerprint density at radius 1 is 1.33 bits per heavy atom. The van der Waals surface area contributed by atoms with Gasteiger partial charge in [0.25, 0.3) is 0 Å². The quantitative estimate of drug-likeness (QED) is 0.354. The maximum atomic E-state index is 13.2. The SMILES string of the molecule is CCC(C)/C(=C\C(=C/NC)N/C=C(/F)C(=N)Br)C(F)(F)F. The van der Waals surface area contributed by atoms with Crippen molar-refractivity contribution in [2.75, 3.05) is 7.05 Å². The van der Waals surface area contributed by atoms with E-state index in [2.05, 4.69) is 26.6 Å². The van der Waals surface area contributed by atoms with E-state index in [4.69, 9.17) is 5.41 Å². The third-order valence-electron chi connectivity index (χ3n) is 2.66. The van der Waals surface area contributed by atoms with Gasteiger partial charge in [-0.25, -0.2) is 4.39 Å². The van der Waals surface area contributed by atoms with Crippen LogP contribution >= 0.6 is 15.9 Å². The maximum Gasteiger partial charge on any atom is 0.413 e. The lowest BCUT2D eigenvalue weighted by atomic mass is 9.97. The first-order valence-electron chi connectivity index (χ1n) is 6.16. The van der Waals surface area contributed by atoms with E-state index < -0.39 is 28.1 Å². The fraction of sp³-hybridized carbons (Fsp3) is 0.462. The van der Waals surface area contributed by atoms with Gasteiger partial charge in [0, 0.05) is 25.0 Å². The van der Waals surface area contributed by atoms with Gasteiger partial charge in [-0.05, 0) is 34.3 Å². The van der Waals surface area contributed by atoms with Gasteiger partial charge in [-0.1, -0.05) is 13.8 Å². The second-order valence-electron chi connectivity index (χ2n) is 4.25. The maximum absolute atomic E-state index is 13.2. The third-order valence-corrected chi connectivity index (χ3v) is 3.04. The minimum atomic E-state index is -4.46. The molecule has 0 aliphatic carbocycles. The summed E-state index contributed by atoms with van der Waals surface area (Å²) >= 11 is 2.62. The largest absolute Gasteiger partial charge is 0.413 e. The Kier molecular flexibility index (Phi) is 8.31. The van der Waals surface area contributed by atoms with E-state index >= 15 is 0 Å². The molecule has 1 unspecified atom stereocenters. The van der Waals surface area contributed by atoms with Crippen molar-refractivity contribution in [2.45, 2.75) is 26.4 Å². The van der Waals surface area contributed by atoms with Gasteiger partial charge in [0.05, 0.1) is 5.70 Å². The predicted molar refractivity (Wildman–Crippen MR) is 79.7 cm³/mol.